The fraction of sp³-hybridized carbons (Fsp3) is 0.923. The van der Waals surface area contributed by atoms with Gasteiger partial charge < -0.3 is 25.0 Å². The molecule has 1 atom stereocenters. The van der Waals surface area contributed by atoms with Crippen molar-refractivity contribution in [2.75, 3.05) is 61.2 Å². The SMILES string of the molecule is CN=C(NCCCN(C)CCOC)NC(C)COC.I. The fourth-order valence-corrected chi connectivity index (χ4v) is 1.63. The van der Waals surface area contributed by atoms with Crippen molar-refractivity contribution in [3.8, 4) is 0 Å². The summed E-state index contributed by atoms with van der Waals surface area (Å²) in [5, 5.41) is 6.57. The van der Waals surface area contributed by atoms with Crippen molar-refractivity contribution in [2.45, 2.75) is 19.4 Å². The first kappa shape index (κ1) is 22.2. The molecule has 0 fully saturated rings. The number of aliphatic imine (C=N–C) groups is 1. The summed E-state index contributed by atoms with van der Waals surface area (Å²) in [6.45, 7) is 6.42. The zero-order valence-corrected chi connectivity index (χ0v) is 15.8. The van der Waals surface area contributed by atoms with Crippen LogP contribution in [0.1, 0.15) is 13.3 Å². The van der Waals surface area contributed by atoms with Gasteiger partial charge in [-0.25, -0.2) is 0 Å². The number of halogens is 1. The Morgan fingerprint density at radius 1 is 1.25 bits per heavy atom. The Balaban J connectivity index is 0. The third kappa shape index (κ3) is 12.9. The van der Waals surface area contributed by atoms with E-state index in [2.05, 4.69) is 34.5 Å². The highest BCUT2D eigenvalue weighted by Crippen LogP contribution is 1.87. The summed E-state index contributed by atoms with van der Waals surface area (Å²) in [5.41, 5.74) is 0. The van der Waals surface area contributed by atoms with Crippen LogP contribution in [0.2, 0.25) is 0 Å². The molecule has 1 unspecified atom stereocenters. The van der Waals surface area contributed by atoms with Crippen molar-refractivity contribution in [3.05, 3.63) is 0 Å². The van der Waals surface area contributed by atoms with E-state index in [1.807, 2.05) is 0 Å². The van der Waals surface area contributed by atoms with Gasteiger partial charge in [0.15, 0.2) is 5.96 Å². The number of methoxy groups -OCH3 is 2. The molecule has 0 aromatic rings. The highest BCUT2D eigenvalue weighted by molar-refractivity contribution is 14.0. The molecule has 7 heteroatoms. The zero-order chi connectivity index (χ0) is 14.5. The molecule has 2 N–H and O–H groups in total. The predicted octanol–water partition coefficient (Wildman–Crippen LogP) is 0.773. The quantitative estimate of drug-likeness (QED) is 0.245. The van der Waals surface area contributed by atoms with Crippen LogP contribution in [-0.4, -0.2) is 78.1 Å². The predicted molar refractivity (Wildman–Crippen MR) is 95.2 cm³/mol. The van der Waals surface area contributed by atoms with E-state index in [0.717, 1.165) is 38.6 Å². The summed E-state index contributed by atoms with van der Waals surface area (Å²) < 4.78 is 10.1. The molecule has 0 aliphatic carbocycles. The summed E-state index contributed by atoms with van der Waals surface area (Å²) in [6, 6.07) is 0.251. The Morgan fingerprint density at radius 3 is 2.50 bits per heavy atom. The van der Waals surface area contributed by atoms with Crippen LogP contribution < -0.4 is 10.6 Å². The van der Waals surface area contributed by atoms with Crippen LogP contribution >= 0.6 is 24.0 Å². The van der Waals surface area contributed by atoms with Gasteiger partial charge in [0.05, 0.1) is 13.2 Å². The van der Waals surface area contributed by atoms with E-state index in [4.69, 9.17) is 9.47 Å². The summed E-state index contributed by atoms with van der Waals surface area (Å²) in [5.74, 6) is 0.823. The third-order valence-corrected chi connectivity index (χ3v) is 2.71. The third-order valence-electron chi connectivity index (χ3n) is 2.71. The van der Waals surface area contributed by atoms with E-state index in [-0.39, 0.29) is 30.0 Å². The van der Waals surface area contributed by atoms with Gasteiger partial charge in [0, 0.05) is 40.4 Å². The Morgan fingerprint density at radius 2 is 1.95 bits per heavy atom. The number of hydrogen-bond acceptors (Lipinski definition) is 4. The van der Waals surface area contributed by atoms with Crippen LogP contribution in [-0.2, 0) is 9.47 Å². The minimum atomic E-state index is 0. The Labute approximate surface area is 140 Å². The topological polar surface area (TPSA) is 58.1 Å². The van der Waals surface area contributed by atoms with Crippen LogP contribution in [0, 0.1) is 0 Å². The van der Waals surface area contributed by atoms with Crippen molar-refractivity contribution < 1.29 is 9.47 Å². The number of ether oxygens (including phenoxy) is 2. The zero-order valence-electron chi connectivity index (χ0n) is 13.4. The Kier molecular flexibility index (Phi) is 16.9. The molecular formula is C13H31IN4O2. The molecule has 122 valence electrons. The van der Waals surface area contributed by atoms with Gasteiger partial charge in [-0.3, -0.25) is 4.99 Å². The maximum Gasteiger partial charge on any atom is 0.191 e. The van der Waals surface area contributed by atoms with Gasteiger partial charge >= 0.3 is 0 Å². The maximum atomic E-state index is 5.08. The lowest BCUT2D eigenvalue weighted by Gasteiger charge is -2.19. The first-order valence-electron chi connectivity index (χ1n) is 6.77. The van der Waals surface area contributed by atoms with Crippen molar-refractivity contribution in [3.63, 3.8) is 0 Å². The molecule has 0 aromatic carbocycles. The lowest BCUT2D eigenvalue weighted by Crippen LogP contribution is -2.44. The number of nitrogens with zero attached hydrogens (tertiary/aromatic N) is 2. The summed E-state index contributed by atoms with van der Waals surface area (Å²) >= 11 is 0. The lowest BCUT2D eigenvalue weighted by molar-refractivity contribution is 0.161. The van der Waals surface area contributed by atoms with E-state index in [0.29, 0.717) is 6.61 Å². The fourth-order valence-electron chi connectivity index (χ4n) is 1.63. The van der Waals surface area contributed by atoms with Gasteiger partial charge in [-0.2, -0.15) is 0 Å². The number of nitrogens with one attached hydrogen (secondary N) is 2. The second kappa shape index (κ2) is 15.3. The summed E-state index contributed by atoms with van der Waals surface area (Å²) in [6.07, 6.45) is 1.07. The van der Waals surface area contributed by atoms with Crippen LogP contribution in [0.3, 0.4) is 0 Å². The number of hydrogen-bond donors (Lipinski definition) is 2. The summed E-state index contributed by atoms with van der Waals surface area (Å²) in [4.78, 5) is 6.44. The average Bonchev–Trinajstić information content (AvgIpc) is 2.40. The molecule has 6 nitrogen and oxygen atoms in total. The molecule has 0 bridgehead atoms. The number of likely N-dealkylation sites (N-methyl/N-ethyl adjacent to an activating group) is 1. The van der Waals surface area contributed by atoms with Crippen LogP contribution in [0.15, 0.2) is 4.99 Å². The second-order valence-corrected chi connectivity index (χ2v) is 4.65. The lowest BCUT2D eigenvalue weighted by atomic mass is 10.3. The minimum Gasteiger partial charge on any atom is -0.383 e. The van der Waals surface area contributed by atoms with Gasteiger partial charge in [-0.1, -0.05) is 0 Å². The smallest absolute Gasteiger partial charge is 0.191 e. The van der Waals surface area contributed by atoms with Crippen molar-refractivity contribution >= 4 is 29.9 Å². The van der Waals surface area contributed by atoms with Gasteiger partial charge in [0.2, 0.25) is 0 Å². The molecule has 20 heavy (non-hydrogen) atoms. The molecule has 0 spiro atoms. The number of guanidine groups is 1. The van der Waals surface area contributed by atoms with Crippen molar-refractivity contribution in [2.24, 2.45) is 4.99 Å². The molecule has 0 aliphatic heterocycles. The molecule has 0 aliphatic rings. The van der Waals surface area contributed by atoms with Crippen LogP contribution in [0.25, 0.3) is 0 Å². The molecule has 0 radical (unpaired) electrons. The standard InChI is InChI=1S/C13H30N4O2.HI/c1-12(11-19-5)16-13(14-2)15-7-6-8-17(3)9-10-18-4;/h12H,6-11H2,1-5H3,(H2,14,15,16);1H. The van der Waals surface area contributed by atoms with Gasteiger partial charge in [0.25, 0.3) is 0 Å². The van der Waals surface area contributed by atoms with E-state index >= 15 is 0 Å². The van der Waals surface area contributed by atoms with E-state index < -0.39 is 0 Å². The van der Waals surface area contributed by atoms with Crippen LogP contribution in [0.5, 0.6) is 0 Å². The van der Waals surface area contributed by atoms with Gasteiger partial charge in [0.1, 0.15) is 0 Å². The van der Waals surface area contributed by atoms with Crippen molar-refractivity contribution in [1.82, 2.24) is 15.5 Å². The van der Waals surface area contributed by atoms with Crippen LogP contribution in [0.4, 0.5) is 0 Å². The molecule has 0 amide bonds. The first-order valence-corrected chi connectivity index (χ1v) is 6.77. The van der Waals surface area contributed by atoms with Crippen molar-refractivity contribution in [1.29, 1.82) is 0 Å². The van der Waals surface area contributed by atoms with Gasteiger partial charge in [-0.05, 0) is 26.9 Å². The molecule has 0 heterocycles. The molecule has 0 rings (SSSR count). The highest BCUT2D eigenvalue weighted by atomic mass is 127. The highest BCUT2D eigenvalue weighted by Gasteiger charge is 2.04. The van der Waals surface area contributed by atoms with E-state index in [9.17, 15) is 0 Å². The second-order valence-electron chi connectivity index (χ2n) is 4.65. The molecular weight excluding hydrogens is 371 g/mol. The monoisotopic (exact) mass is 402 g/mol. The summed E-state index contributed by atoms with van der Waals surface area (Å²) in [7, 11) is 7.31. The molecule has 0 saturated carbocycles. The molecule has 0 saturated heterocycles. The minimum absolute atomic E-state index is 0. The van der Waals surface area contributed by atoms with E-state index in [1.54, 1.807) is 21.3 Å². The Bertz CT molecular complexity index is 242. The number of rotatable bonds is 10. The normalized spacial score (nSPS) is 13.0. The molecule has 0 aromatic heterocycles. The largest absolute Gasteiger partial charge is 0.383 e. The van der Waals surface area contributed by atoms with E-state index in [1.165, 1.54) is 0 Å². The average molecular weight is 402 g/mol. The maximum absolute atomic E-state index is 5.08. The first-order chi connectivity index (χ1) is 9.13. The van der Waals surface area contributed by atoms with Gasteiger partial charge in [-0.15, -0.1) is 24.0 Å². The Hall–Kier alpha value is -0.120.